The molecule has 1 heterocycles. The maximum Gasteiger partial charge on any atom is 0.337 e. The molecular weight excluding hydrogens is 286 g/mol. The lowest BCUT2D eigenvalue weighted by Crippen LogP contribution is -2.18. The van der Waals surface area contributed by atoms with E-state index in [2.05, 4.69) is 15.3 Å². The highest BCUT2D eigenvalue weighted by molar-refractivity contribution is 6.31. The topological polar surface area (TPSA) is 112 Å². The summed E-state index contributed by atoms with van der Waals surface area (Å²) in [6.45, 7) is 0. The Labute approximate surface area is 117 Å². The maximum atomic E-state index is 11.9. The highest BCUT2D eigenvalue weighted by Crippen LogP contribution is 2.21. The van der Waals surface area contributed by atoms with E-state index in [0.717, 1.165) is 12.4 Å². The fourth-order valence-electron chi connectivity index (χ4n) is 1.46. The van der Waals surface area contributed by atoms with Crippen molar-refractivity contribution >= 4 is 29.2 Å². The van der Waals surface area contributed by atoms with Crippen molar-refractivity contribution in [1.82, 2.24) is 9.97 Å². The van der Waals surface area contributed by atoms with Crippen molar-refractivity contribution in [2.24, 2.45) is 0 Å². The number of aromatic carboxylic acids is 1. The number of H-pyrrole nitrogens is 1. The number of aromatic nitrogens is 2. The average Bonchev–Trinajstić information content (AvgIpc) is 2.41. The van der Waals surface area contributed by atoms with Crippen LogP contribution < -0.4 is 10.9 Å². The molecule has 2 rings (SSSR count). The van der Waals surface area contributed by atoms with Gasteiger partial charge >= 0.3 is 5.97 Å². The molecule has 0 aliphatic rings. The van der Waals surface area contributed by atoms with E-state index in [1.807, 2.05) is 0 Å². The summed E-state index contributed by atoms with van der Waals surface area (Å²) in [5.74, 6) is -1.87. The van der Waals surface area contributed by atoms with Crippen molar-refractivity contribution < 1.29 is 14.7 Å². The molecule has 0 bridgehead atoms. The summed E-state index contributed by atoms with van der Waals surface area (Å²) < 4.78 is 0. The SMILES string of the molecule is O=C(Nc1ccc(Cl)cc1C(=O)O)c1c[nH]c(=O)cn1. The van der Waals surface area contributed by atoms with E-state index in [4.69, 9.17) is 16.7 Å². The molecular formula is C12H8ClN3O4. The Morgan fingerprint density at radius 2 is 2.10 bits per heavy atom. The number of rotatable bonds is 3. The zero-order chi connectivity index (χ0) is 14.7. The molecule has 0 spiro atoms. The van der Waals surface area contributed by atoms with Gasteiger partial charge in [0.1, 0.15) is 5.69 Å². The fraction of sp³-hybridized carbons (Fsp3) is 0. The number of halogens is 1. The van der Waals surface area contributed by atoms with Crippen molar-refractivity contribution in [2.45, 2.75) is 0 Å². The second-order valence-corrected chi connectivity index (χ2v) is 4.18. The predicted octanol–water partition coefficient (Wildman–Crippen LogP) is 1.37. The van der Waals surface area contributed by atoms with Crippen LogP contribution in [0.5, 0.6) is 0 Å². The number of carboxylic acid groups (broad SMARTS) is 1. The van der Waals surface area contributed by atoms with Gasteiger partial charge in [-0.25, -0.2) is 9.78 Å². The molecule has 0 saturated carbocycles. The molecule has 8 heteroatoms. The molecule has 0 unspecified atom stereocenters. The molecule has 1 amide bonds. The number of hydrogen-bond donors (Lipinski definition) is 3. The van der Waals surface area contributed by atoms with Crippen LogP contribution in [0.2, 0.25) is 5.02 Å². The standard InChI is InChI=1S/C12H8ClN3O4/c13-6-1-2-8(7(3-6)12(19)20)16-11(18)9-4-15-10(17)5-14-9/h1-5H,(H,15,17)(H,16,18)(H,19,20). The van der Waals surface area contributed by atoms with E-state index >= 15 is 0 Å². The minimum Gasteiger partial charge on any atom is -0.478 e. The van der Waals surface area contributed by atoms with Gasteiger partial charge in [-0.1, -0.05) is 11.6 Å². The van der Waals surface area contributed by atoms with Crippen LogP contribution in [0.15, 0.2) is 35.4 Å². The summed E-state index contributed by atoms with van der Waals surface area (Å²) in [6.07, 6.45) is 2.09. The first kappa shape index (κ1) is 13.8. The van der Waals surface area contributed by atoms with Gasteiger partial charge in [-0.15, -0.1) is 0 Å². The Morgan fingerprint density at radius 3 is 2.70 bits per heavy atom. The summed E-state index contributed by atoms with van der Waals surface area (Å²) in [5.41, 5.74) is -0.551. The van der Waals surface area contributed by atoms with Crippen molar-refractivity contribution in [2.75, 3.05) is 5.32 Å². The lowest BCUT2D eigenvalue weighted by molar-refractivity contribution is 0.0698. The average molecular weight is 294 g/mol. The van der Waals surface area contributed by atoms with Gasteiger partial charge in [-0.2, -0.15) is 0 Å². The normalized spacial score (nSPS) is 10.1. The van der Waals surface area contributed by atoms with Crippen LogP contribution in [-0.4, -0.2) is 27.0 Å². The molecule has 0 atom stereocenters. The molecule has 2 aromatic rings. The lowest BCUT2D eigenvalue weighted by atomic mass is 10.1. The summed E-state index contributed by atoms with van der Waals surface area (Å²) in [7, 11) is 0. The number of carbonyl (C=O) groups is 2. The fourth-order valence-corrected chi connectivity index (χ4v) is 1.63. The minimum absolute atomic E-state index is 0.0455. The molecule has 7 nitrogen and oxygen atoms in total. The van der Waals surface area contributed by atoms with E-state index in [-0.39, 0.29) is 22.0 Å². The maximum absolute atomic E-state index is 11.9. The second-order valence-electron chi connectivity index (χ2n) is 3.75. The summed E-state index contributed by atoms with van der Waals surface area (Å²) in [6, 6.07) is 4.04. The van der Waals surface area contributed by atoms with Gasteiger partial charge in [0.25, 0.3) is 11.5 Å². The number of aromatic amines is 1. The molecule has 0 aliphatic carbocycles. The van der Waals surface area contributed by atoms with Crippen molar-refractivity contribution in [1.29, 1.82) is 0 Å². The Kier molecular flexibility index (Phi) is 3.81. The molecule has 0 aliphatic heterocycles. The Balaban J connectivity index is 2.30. The van der Waals surface area contributed by atoms with E-state index in [9.17, 15) is 14.4 Å². The van der Waals surface area contributed by atoms with Gasteiger partial charge in [0.15, 0.2) is 0 Å². The molecule has 102 valence electrons. The van der Waals surface area contributed by atoms with Crippen LogP contribution in [0.1, 0.15) is 20.8 Å². The number of carbonyl (C=O) groups excluding carboxylic acids is 1. The zero-order valence-corrected chi connectivity index (χ0v) is 10.6. The van der Waals surface area contributed by atoms with E-state index < -0.39 is 17.4 Å². The Bertz CT molecular complexity index is 721. The molecule has 0 saturated heterocycles. The largest absolute Gasteiger partial charge is 0.478 e. The molecule has 0 fully saturated rings. The third-order valence-corrected chi connectivity index (χ3v) is 2.60. The first-order chi connectivity index (χ1) is 9.47. The first-order valence-electron chi connectivity index (χ1n) is 5.36. The van der Waals surface area contributed by atoms with Crippen LogP contribution in [-0.2, 0) is 0 Å². The van der Waals surface area contributed by atoms with Crippen LogP contribution in [0.3, 0.4) is 0 Å². The van der Waals surface area contributed by atoms with Gasteiger partial charge < -0.3 is 15.4 Å². The Morgan fingerprint density at radius 1 is 1.35 bits per heavy atom. The summed E-state index contributed by atoms with van der Waals surface area (Å²) in [4.78, 5) is 39.7. The molecule has 1 aromatic carbocycles. The zero-order valence-electron chi connectivity index (χ0n) is 9.88. The van der Waals surface area contributed by atoms with Gasteiger partial charge in [-0.3, -0.25) is 9.59 Å². The predicted molar refractivity (Wildman–Crippen MR) is 71.2 cm³/mol. The smallest absolute Gasteiger partial charge is 0.337 e. The lowest BCUT2D eigenvalue weighted by Gasteiger charge is -2.08. The number of carboxylic acids is 1. The van der Waals surface area contributed by atoms with E-state index in [1.165, 1.54) is 18.2 Å². The van der Waals surface area contributed by atoms with Gasteiger partial charge in [0.05, 0.1) is 17.4 Å². The monoisotopic (exact) mass is 293 g/mol. The third-order valence-electron chi connectivity index (χ3n) is 2.36. The van der Waals surface area contributed by atoms with Crippen LogP contribution in [0.4, 0.5) is 5.69 Å². The van der Waals surface area contributed by atoms with E-state index in [0.29, 0.717) is 0 Å². The number of nitrogens with zero attached hydrogens (tertiary/aromatic N) is 1. The number of nitrogens with one attached hydrogen (secondary N) is 2. The van der Waals surface area contributed by atoms with Crippen LogP contribution in [0.25, 0.3) is 0 Å². The molecule has 20 heavy (non-hydrogen) atoms. The van der Waals surface area contributed by atoms with Gasteiger partial charge in [0.2, 0.25) is 0 Å². The van der Waals surface area contributed by atoms with Crippen molar-refractivity contribution in [3.8, 4) is 0 Å². The minimum atomic E-state index is -1.22. The molecule has 3 N–H and O–H groups in total. The third kappa shape index (κ3) is 3.01. The molecule has 1 aromatic heterocycles. The van der Waals surface area contributed by atoms with Crippen molar-refractivity contribution in [3.63, 3.8) is 0 Å². The van der Waals surface area contributed by atoms with Gasteiger partial charge in [-0.05, 0) is 18.2 Å². The quantitative estimate of drug-likeness (QED) is 0.791. The highest BCUT2D eigenvalue weighted by atomic mass is 35.5. The Hall–Kier alpha value is -2.67. The first-order valence-corrected chi connectivity index (χ1v) is 5.74. The number of anilines is 1. The van der Waals surface area contributed by atoms with Crippen LogP contribution in [0, 0.1) is 0 Å². The number of amides is 1. The highest BCUT2D eigenvalue weighted by Gasteiger charge is 2.14. The summed E-state index contributed by atoms with van der Waals surface area (Å²) >= 11 is 5.70. The summed E-state index contributed by atoms with van der Waals surface area (Å²) in [5, 5.41) is 11.7. The number of hydrogen-bond acceptors (Lipinski definition) is 4. The van der Waals surface area contributed by atoms with Gasteiger partial charge in [0, 0.05) is 11.2 Å². The second kappa shape index (κ2) is 5.54. The molecule has 0 radical (unpaired) electrons. The van der Waals surface area contributed by atoms with E-state index in [1.54, 1.807) is 0 Å². The van der Waals surface area contributed by atoms with Crippen molar-refractivity contribution in [3.05, 3.63) is 57.2 Å². The van der Waals surface area contributed by atoms with Crippen LogP contribution >= 0.6 is 11.6 Å². The number of benzene rings is 1.